The maximum absolute atomic E-state index is 13.1. The molecule has 0 N–H and O–H groups in total. The first-order valence-corrected chi connectivity index (χ1v) is 9.31. The normalized spacial score (nSPS) is 11.5. The minimum Gasteiger partial charge on any atom is -0.496 e. The summed E-state index contributed by atoms with van der Waals surface area (Å²) in [6, 6.07) is 5.10. The predicted octanol–water partition coefficient (Wildman–Crippen LogP) is 2.98. The molecule has 3 aromatic rings. The molecular formula is C16H15F2N7O3S. The van der Waals surface area contributed by atoms with Gasteiger partial charge in [0.1, 0.15) is 18.1 Å². The summed E-state index contributed by atoms with van der Waals surface area (Å²) in [5.74, 6) is -0.00846. The molecule has 3 rings (SSSR count). The zero-order valence-corrected chi connectivity index (χ0v) is 16.1. The van der Waals surface area contributed by atoms with Crippen molar-refractivity contribution in [3.05, 3.63) is 57.7 Å². The number of nitro groups is 1. The van der Waals surface area contributed by atoms with Gasteiger partial charge in [0.25, 0.3) is 6.43 Å². The highest BCUT2D eigenvalue weighted by atomic mass is 32.2. The van der Waals surface area contributed by atoms with E-state index >= 15 is 0 Å². The number of halogens is 2. The molecule has 2 heterocycles. The number of thioether (sulfide) groups is 1. The third kappa shape index (κ3) is 4.56. The van der Waals surface area contributed by atoms with Crippen LogP contribution in [0.15, 0.2) is 40.9 Å². The highest BCUT2D eigenvalue weighted by Crippen LogP contribution is 2.23. The zero-order chi connectivity index (χ0) is 21.0. The first-order valence-electron chi connectivity index (χ1n) is 8.08. The van der Waals surface area contributed by atoms with Crippen LogP contribution in [-0.2, 0) is 6.54 Å². The Bertz CT molecular complexity index is 1050. The molecular weight excluding hydrogens is 408 g/mol. The molecule has 0 aliphatic rings. The van der Waals surface area contributed by atoms with E-state index in [9.17, 15) is 18.9 Å². The molecule has 1 aromatic carbocycles. The molecule has 0 bridgehead atoms. The minimum absolute atomic E-state index is 0.126. The summed E-state index contributed by atoms with van der Waals surface area (Å²) in [6.45, 7) is 0.212. The second-order valence-electron chi connectivity index (χ2n) is 5.63. The smallest absolute Gasteiger partial charge is 0.307 e. The number of ether oxygens (including phenoxy) is 1. The molecule has 0 radical (unpaired) electrons. The number of benzene rings is 1. The lowest BCUT2D eigenvalue weighted by Gasteiger charge is -2.09. The zero-order valence-electron chi connectivity index (χ0n) is 15.3. The molecule has 0 atom stereocenters. The largest absolute Gasteiger partial charge is 0.496 e. The molecule has 0 amide bonds. The van der Waals surface area contributed by atoms with Gasteiger partial charge < -0.3 is 4.74 Å². The van der Waals surface area contributed by atoms with Gasteiger partial charge in [0.05, 0.1) is 24.8 Å². The summed E-state index contributed by atoms with van der Waals surface area (Å²) in [5, 5.41) is 26.2. The van der Waals surface area contributed by atoms with Crippen molar-refractivity contribution in [2.45, 2.75) is 18.1 Å². The van der Waals surface area contributed by atoms with Crippen LogP contribution in [0.25, 0.3) is 0 Å². The van der Waals surface area contributed by atoms with Crippen molar-refractivity contribution in [1.29, 1.82) is 0 Å². The molecule has 0 saturated carbocycles. The van der Waals surface area contributed by atoms with Crippen LogP contribution in [0.1, 0.15) is 23.4 Å². The molecule has 13 heteroatoms. The van der Waals surface area contributed by atoms with Gasteiger partial charge in [-0.25, -0.2) is 8.78 Å². The lowest BCUT2D eigenvalue weighted by molar-refractivity contribution is -0.385. The van der Waals surface area contributed by atoms with Gasteiger partial charge in [-0.1, -0.05) is 11.8 Å². The van der Waals surface area contributed by atoms with E-state index in [2.05, 4.69) is 20.4 Å². The van der Waals surface area contributed by atoms with Gasteiger partial charge >= 0.3 is 5.69 Å². The molecule has 0 unspecified atom stereocenters. The van der Waals surface area contributed by atoms with Crippen LogP contribution < -0.4 is 4.74 Å². The molecule has 0 aliphatic heterocycles. The fourth-order valence-corrected chi connectivity index (χ4v) is 2.92. The Morgan fingerprint density at radius 3 is 2.83 bits per heavy atom. The molecule has 0 aliphatic carbocycles. The summed E-state index contributed by atoms with van der Waals surface area (Å²) >= 11 is 1.14. The Labute approximate surface area is 167 Å². The van der Waals surface area contributed by atoms with Crippen LogP contribution in [0, 0.1) is 10.1 Å². The van der Waals surface area contributed by atoms with Crippen molar-refractivity contribution in [1.82, 2.24) is 24.7 Å². The standard InChI is InChI=1S/C16H15F2N7O3S/c1-28-13-4-3-10(5-11(13)8-23-9-12(7-19-23)25(26)27)6-20-24-15(14(17)18)21-22-16(24)29-2/h3-7,9,14H,8H2,1-2H3/b20-6+. The van der Waals surface area contributed by atoms with Crippen LogP contribution in [0.4, 0.5) is 14.5 Å². The van der Waals surface area contributed by atoms with Crippen molar-refractivity contribution in [2.75, 3.05) is 13.4 Å². The number of hydrogen-bond donors (Lipinski definition) is 0. The van der Waals surface area contributed by atoms with Gasteiger partial charge in [0, 0.05) is 5.56 Å². The van der Waals surface area contributed by atoms with Crippen LogP contribution in [0.5, 0.6) is 5.75 Å². The number of methoxy groups -OCH3 is 1. The molecule has 10 nitrogen and oxygen atoms in total. The Kier molecular flexibility index (Phi) is 6.16. The fourth-order valence-electron chi connectivity index (χ4n) is 2.48. The first-order chi connectivity index (χ1) is 13.9. The second kappa shape index (κ2) is 8.77. The third-order valence-electron chi connectivity index (χ3n) is 3.80. The highest BCUT2D eigenvalue weighted by Gasteiger charge is 2.19. The van der Waals surface area contributed by atoms with E-state index in [1.54, 1.807) is 24.5 Å². The number of alkyl halides is 2. The Hall–Kier alpha value is -3.35. The maximum atomic E-state index is 13.1. The Morgan fingerprint density at radius 1 is 1.41 bits per heavy atom. The van der Waals surface area contributed by atoms with Crippen molar-refractivity contribution in [3.63, 3.8) is 0 Å². The third-order valence-corrected chi connectivity index (χ3v) is 4.42. The summed E-state index contributed by atoms with van der Waals surface area (Å²) < 4.78 is 33.9. The van der Waals surface area contributed by atoms with Gasteiger partial charge in [-0.15, -0.1) is 10.2 Å². The molecule has 0 spiro atoms. The fraction of sp³-hybridized carbons (Fsp3) is 0.250. The average molecular weight is 423 g/mol. The SMILES string of the molecule is COc1ccc(/C=N/n2c(SC)nnc2C(F)F)cc1Cn1cc([N+](=O)[O-])cn1. The van der Waals surface area contributed by atoms with E-state index in [0.29, 0.717) is 16.9 Å². The van der Waals surface area contributed by atoms with Gasteiger partial charge in [-0.2, -0.15) is 14.9 Å². The van der Waals surface area contributed by atoms with E-state index < -0.39 is 17.2 Å². The molecule has 0 saturated heterocycles. The van der Waals surface area contributed by atoms with Crippen molar-refractivity contribution in [3.8, 4) is 5.75 Å². The topological polar surface area (TPSA) is 113 Å². The van der Waals surface area contributed by atoms with Crippen LogP contribution >= 0.6 is 11.8 Å². The number of aromatic nitrogens is 5. The monoisotopic (exact) mass is 423 g/mol. The predicted molar refractivity (Wildman–Crippen MR) is 101 cm³/mol. The van der Waals surface area contributed by atoms with E-state index in [4.69, 9.17) is 4.74 Å². The summed E-state index contributed by atoms with van der Waals surface area (Å²) in [4.78, 5) is 10.3. The molecule has 29 heavy (non-hydrogen) atoms. The minimum atomic E-state index is -2.82. The van der Waals surface area contributed by atoms with Crippen molar-refractivity contribution >= 4 is 23.7 Å². The van der Waals surface area contributed by atoms with E-state index in [1.165, 1.54) is 24.2 Å². The lowest BCUT2D eigenvalue weighted by Crippen LogP contribution is -2.04. The second-order valence-corrected chi connectivity index (χ2v) is 6.40. The molecule has 0 fully saturated rings. The lowest BCUT2D eigenvalue weighted by atomic mass is 10.1. The molecule has 2 aromatic heterocycles. The van der Waals surface area contributed by atoms with Gasteiger partial charge in [-0.3, -0.25) is 14.8 Å². The summed E-state index contributed by atoms with van der Waals surface area (Å²) in [7, 11) is 1.49. The average Bonchev–Trinajstić information content (AvgIpc) is 3.33. The number of hydrogen-bond acceptors (Lipinski definition) is 8. The number of rotatable bonds is 8. The Balaban J connectivity index is 1.89. The van der Waals surface area contributed by atoms with Crippen molar-refractivity contribution < 1.29 is 18.4 Å². The quantitative estimate of drug-likeness (QED) is 0.237. The van der Waals surface area contributed by atoms with Gasteiger partial charge in [0.15, 0.2) is 0 Å². The first kappa shape index (κ1) is 20.4. The van der Waals surface area contributed by atoms with Gasteiger partial charge in [0.2, 0.25) is 11.0 Å². The van der Waals surface area contributed by atoms with E-state index in [-0.39, 0.29) is 17.4 Å². The summed E-state index contributed by atoms with van der Waals surface area (Å²) in [5.41, 5.74) is 1.15. The van der Waals surface area contributed by atoms with Crippen LogP contribution in [-0.4, -0.2) is 49.2 Å². The summed E-state index contributed by atoms with van der Waals surface area (Å²) in [6.07, 6.45) is 2.71. The van der Waals surface area contributed by atoms with Crippen molar-refractivity contribution in [2.24, 2.45) is 5.10 Å². The maximum Gasteiger partial charge on any atom is 0.307 e. The highest BCUT2D eigenvalue weighted by molar-refractivity contribution is 7.98. The van der Waals surface area contributed by atoms with Gasteiger partial charge in [-0.05, 0) is 30.0 Å². The van der Waals surface area contributed by atoms with Crippen LogP contribution in [0.3, 0.4) is 0 Å². The Morgan fingerprint density at radius 2 is 2.21 bits per heavy atom. The van der Waals surface area contributed by atoms with E-state index in [1.807, 2.05) is 0 Å². The number of nitrogens with zero attached hydrogens (tertiary/aromatic N) is 7. The molecule has 152 valence electrons. The van der Waals surface area contributed by atoms with Crippen LogP contribution in [0.2, 0.25) is 0 Å². The van der Waals surface area contributed by atoms with E-state index in [0.717, 1.165) is 22.6 Å².